The molecule has 2 aromatic rings. The van der Waals surface area contributed by atoms with E-state index in [-0.39, 0.29) is 16.3 Å². The van der Waals surface area contributed by atoms with Gasteiger partial charge >= 0.3 is 0 Å². The summed E-state index contributed by atoms with van der Waals surface area (Å²) in [6, 6.07) is 7.50. The molecule has 0 radical (unpaired) electrons. The van der Waals surface area contributed by atoms with Crippen LogP contribution < -0.4 is 5.43 Å². The number of nitrogens with one attached hydrogen (secondary N) is 1. The maximum atomic E-state index is 12.6. The van der Waals surface area contributed by atoms with Gasteiger partial charge in [-0.3, -0.25) is 15.5 Å². The third-order valence-corrected chi connectivity index (χ3v) is 7.26. The molecule has 1 aromatic carbocycles. The average molecular weight is 418 g/mol. The molecule has 2 heterocycles. The van der Waals surface area contributed by atoms with Gasteiger partial charge in [-0.25, -0.2) is 8.42 Å². The first-order valence-corrected chi connectivity index (χ1v) is 11.0. The largest absolute Gasteiger partial charge is 0.460 e. The highest BCUT2D eigenvalue weighted by molar-refractivity contribution is 7.89. The standard InChI is InChI=1S/C19H22N4O5S/c1-13-10-16(13)19-7-4-14(28-19)12-20-21-17-6-5-15(11-18(17)23(24)25)29(26,27)22-8-2-3-9-22/h4-7,11-13,16,21H,2-3,8-10H2,1H3/b20-12-/t13-,16-/m1/s1. The fourth-order valence-electron chi connectivity index (χ4n) is 3.52. The van der Waals surface area contributed by atoms with Gasteiger partial charge in [0.1, 0.15) is 17.2 Å². The molecule has 1 N–H and O–H groups in total. The molecule has 1 aliphatic heterocycles. The number of hydrogen-bond acceptors (Lipinski definition) is 7. The van der Waals surface area contributed by atoms with Gasteiger partial charge in [-0.2, -0.15) is 9.41 Å². The number of benzene rings is 1. The summed E-state index contributed by atoms with van der Waals surface area (Å²) in [7, 11) is -3.73. The van der Waals surface area contributed by atoms with Gasteiger partial charge in [0.15, 0.2) is 0 Å². The van der Waals surface area contributed by atoms with E-state index in [1.807, 2.05) is 6.07 Å². The number of sulfonamides is 1. The number of anilines is 1. The summed E-state index contributed by atoms with van der Waals surface area (Å²) in [6.45, 7) is 3.03. The van der Waals surface area contributed by atoms with Crippen molar-refractivity contribution < 1.29 is 17.8 Å². The molecular weight excluding hydrogens is 396 g/mol. The van der Waals surface area contributed by atoms with Crippen LogP contribution in [-0.2, 0) is 10.0 Å². The molecule has 0 unspecified atom stereocenters. The maximum Gasteiger partial charge on any atom is 0.295 e. The van der Waals surface area contributed by atoms with Crippen LogP contribution in [0.5, 0.6) is 0 Å². The maximum absolute atomic E-state index is 12.6. The van der Waals surface area contributed by atoms with Gasteiger partial charge in [0.25, 0.3) is 5.69 Å². The molecule has 1 saturated carbocycles. The van der Waals surface area contributed by atoms with Crippen molar-refractivity contribution in [1.82, 2.24) is 4.31 Å². The fraction of sp³-hybridized carbons (Fsp3) is 0.421. The van der Waals surface area contributed by atoms with Crippen LogP contribution in [0.2, 0.25) is 0 Å². The number of nitrogens with zero attached hydrogens (tertiary/aromatic N) is 3. The van der Waals surface area contributed by atoms with Crippen molar-refractivity contribution in [3.8, 4) is 0 Å². The Labute approximate surface area is 168 Å². The lowest BCUT2D eigenvalue weighted by atomic mass is 10.3. The lowest BCUT2D eigenvalue weighted by Crippen LogP contribution is -2.27. The summed E-state index contributed by atoms with van der Waals surface area (Å²) >= 11 is 0. The first-order valence-electron chi connectivity index (χ1n) is 9.53. The first kappa shape index (κ1) is 19.6. The van der Waals surface area contributed by atoms with Gasteiger partial charge in [0.05, 0.1) is 16.0 Å². The molecule has 154 valence electrons. The van der Waals surface area contributed by atoms with Crippen molar-refractivity contribution >= 4 is 27.6 Å². The van der Waals surface area contributed by atoms with E-state index >= 15 is 0 Å². The Bertz CT molecular complexity index is 1060. The lowest BCUT2D eigenvalue weighted by Gasteiger charge is -2.15. The van der Waals surface area contributed by atoms with Crippen LogP contribution in [0.25, 0.3) is 0 Å². The van der Waals surface area contributed by atoms with Crippen molar-refractivity contribution in [2.24, 2.45) is 11.0 Å². The average Bonchev–Trinajstić information content (AvgIpc) is 3.11. The number of hydrazone groups is 1. The van der Waals surface area contributed by atoms with E-state index < -0.39 is 14.9 Å². The molecule has 0 spiro atoms. The zero-order chi connectivity index (χ0) is 20.6. The fourth-order valence-corrected chi connectivity index (χ4v) is 5.05. The molecule has 1 aromatic heterocycles. The van der Waals surface area contributed by atoms with Gasteiger partial charge in [0.2, 0.25) is 10.0 Å². The van der Waals surface area contributed by atoms with Crippen LogP contribution >= 0.6 is 0 Å². The van der Waals surface area contributed by atoms with Crippen molar-refractivity contribution in [2.45, 2.75) is 37.0 Å². The van der Waals surface area contributed by atoms with Gasteiger partial charge in [0, 0.05) is 25.1 Å². The van der Waals surface area contributed by atoms with E-state index in [4.69, 9.17) is 4.42 Å². The second-order valence-electron chi connectivity index (χ2n) is 7.48. The van der Waals surface area contributed by atoms with Crippen molar-refractivity contribution in [3.05, 3.63) is 52.0 Å². The predicted octanol–water partition coefficient (Wildman–Crippen LogP) is 3.54. The minimum atomic E-state index is -3.73. The normalized spacial score (nSPS) is 22.2. The van der Waals surface area contributed by atoms with Crippen molar-refractivity contribution in [3.63, 3.8) is 0 Å². The highest BCUT2D eigenvalue weighted by Crippen LogP contribution is 2.47. The second-order valence-corrected chi connectivity index (χ2v) is 9.41. The highest BCUT2D eigenvalue weighted by Gasteiger charge is 2.36. The van der Waals surface area contributed by atoms with Crippen LogP contribution in [-0.4, -0.2) is 37.0 Å². The lowest BCUT2D eigenvalue weighted by molar-refractivity contribution is -0.384. The molecular formula is C19H22N4O5S. The van der Waals surface area contributed by atoms with E-state index in [0.29, 0.717) is 30.7 Å². The summed E-state index contributed by atoms with van der Waals surface area (Å²) < 4.78 is 32.4. The number of furan rings is 1. The zero-order valence-electron chi connectivity index (χ0n) is 15.9. The summed E-state index contributed by atoms with van der Waals surface area (Å²) in [5.41, 5.74) is 2.37. The van der Waals surface area contributed by atoms with Gasteiger partial charge < -0.3 is 4.42 Å². The minimum absolute atomic E-state index is 0.0881. The summed E-state index contributed by atoms with van der Waals surface area (Å²) in [5.74, 6) is 2.54. The van der Waals surface area contributed by atoms with Gasteiger partial charge in [-0.15, -0.1) is 0 Å². The molecule has 0 amide bonds. The first-order chi connectivity index (χ1) is 13.9. The Morgan fingerprint density at radius 3 is 2.66 bits per heavy atom. The van der Waals surface area contributed by atoms with Crippen LogP contribution in [0.4, 0.5) is 11.4 Å². The second kappa shape index (κ2) is 7.60. The summed E-state index contributed by atoms with van der Waals surface area (Å²) in [5, 5.41) is 15.5. The molecule has 4 rings (SSSR count). The molecule has 2 atom stereocenters. The van der Waals surface area contributed by atoms with Crippen LogP contribution in [0.15, 0.2) is 44.7 Å². The SMILES string of the molecule is C[C@@H]1C[C@H]1c1ccc(/C=N\Nc2ccc(S(=O)(=O)N3CCCC3)cc2[N+](=O)[O-])o1. The highest BCUT2D eigenvalue weighted by atomic mass is 32.2. The number of nitro benzene ring substituents is 1. The van der Waals surface area contributed by atoms with Crippen LogP contribution in [0, 0.1) is 16.0 Å². The van der Waals surface area contributed by atoms with E-state index in [1.165, 1.54) is 22.7 Å². The Morgan fingerprint density at radius 1 is 1.28 bits per heavy atom. The van der Waals surface area contributed by atoms with Gasteiger partial charge in [-0.05, 0) is 49.4 Å². The Morgan fingerprint density at radius 2 is 2.00 bits per heavy atom. The Hall–Kier alpha value is -2.72. The number of hydrogen-bond donors (Lipinski definition) is 1. The number of rotatable bonds is 7. The van der Waals surface area contributed by atoms with E-state index in [0.717, 1.165) is 31.1 Å². The third kappa shape index (κ3) is 4.03. The molecule has 1 aliphatic carbocycles. The van der Waals surface area contributed by atoms with Crippen LogP contribution in [0.1, 0.15) is 43.6 Å². The van der Waals surface area contributed by atoms with Gasteiger partial charge in [-0.1, -0.05) is 6.92 Å². The molecule has 10 heteroatoms. The molecule has 29 heavy (non-hydrogen) atoms. The Kier molecular flexibility index (Phi) is 5.13. The van der Waals surface area contributed by atoms with Crippen molar-refractivity contribution in [1.29, 1.82) is 0 Å². The van der Waals surface area contributed by atoms with Crippen molar-refractivity contribution in [2.75, 3.05) is 18.5 Å². The van der Waals surface area contributed by atoms with E-state index in [9.17, 15) is 18.5 Å². The quantitative estimate of drug-likeness (QED) is 0.417. The topological polar surface area (TPSA) is 118 Å². The smallest absolute Gasteiger partial charge is 0.295 e. The van der Waals surface area contributed by atoms with Crippen LogP contribution in [0.3, 0.4) is 0 Å². The molecule has 0 bridgehead atoms. The minimum Gasteiger partial charge on any atom is -0.460 e. The summed E-state index contributed by atoms with van der Waals surface area (Å²) in [6.07, 6.45) is 4.14. The molecule has 9 nitrogen and oxygen atoms in total. The Balaban J connectivity index is 1.51. The molecule has 2 fully saturated rings. The molecule has 1 saturated heterocycles. The van der Waals surface area contributed by atoms with E-state index in [2.05, 4.69) is 17.5 Å². The molecule has 2 aliphatic rings. The number of nitro groups is 1. The van der Waals surface area contributed by atoms with E-state index in [1.54, 1.807) is 6.07 Å². The third-order valence-electron chi connectivity index (χ3n) is 5.37. The predicted molar refractivity (Wildman–Crippen MR) is 108 cm³/mol. The zero-order valence-corrected chi connectivity index (χ0v) is 16.8. The monoisotopic (exact) mass is 418 g/mol. The summed E-state index contributed by atoms with van der Waals surface area (Å²) in [4.78, 5) is 10.7.